The van der Waals surface area contributed by atoms with E-state index >= 15 is 0 Å². The lowest BCUT2D eigenvalue weighted by Gasteiger charge is -2.27. The van der Waals surface area contributed by atoms with Crippen molar-refractivity contribution in [1.82, 2.24) is 74.4 Å². The summed E-state index contributed by atoms with van der Waals surface area (Å²) < 4.78 is 0. The van der Waals surface area contributed by atoms with Crippen LogP contribution < -0.4 is 80.2 Å². The van der Waals surface area contributed by atoms with Gasteiger partial charge in [-0.15, -0.1) is 0 Å². The average Bonchev–Trinajstić information content (AvgIpc) is 0.847. The Bertz CT molecular complexity index is 3960. The van der Waals surface area contributed by atoms with Crippen molar-refractivity contribution in [2.24, 2.45) is 11.7 Å². The monoisotopic (exact) mass is 1620 g/mol. The number of carboxylic acid groups (broad SMARTS) is 3. The summed E-state index contributed by atoms with van der Waals surface area (Å²) in [7, 11) is 0. The molecular weight excluding hydrogens is 1530 g/mol. The number of aromatic hydroxyl groups is 3. The number of phenols is 3. The van der Waals surface area contributed by atoms with Crippen molar-refractivity contribution in [2.75, 3.05) is 49.7 Å². The number of benzene rings is 4. The van der Waals surface area contributed by atoms with Gasteiger partial charge in [0.2, 0.25) is 82.7 Å². The third kappa shape index (κ3) is 33.2. The zero-order chi connectivity index (χ0) is 83.3. The highest BCUT2D eigenvalue weighted by Gasteiger charge is 2.37. The van der Waals surface area contributed by atoms with Gasteiger partial charge in [-0.2, -0.15) is 37.0 Å². The van der Waals surface area contributed by atoms with Crippen LogP contribution in [0, 0.1) is 5.92 Å². The molecule has 4 aromatic carbocycles. The van der Waals surface area contributed by atoms with Crippen LogP contribution in [0.15, 0.2) is 103 Å². The summed E-state index contributed by atoms with van der Waals surface area (Å²) in [5, 5.41) is 92.3. The molecule has 4 rings (SSSR count). The highest BCUT2D eigenvalue weighted by Crippen LogP contribution is 2.17. The number of phenolic OH excluding ortho intramolecular Hbond substituents is 3. The summed E-state index contributed by atoms with van der Waals surface area (Å²) >= 11 is 9.67. The molecule has 4 aromatic rings. The number of carbonyl (C=O) groups excluding carboxylic acids is 14. The Morgan fingerprint density at radius 1 is 0.366 bits per heavy atom. The summed E-state index contributed by atoms with van der Waals surface area (Å²) in [5.41, 5.74) is 6.77. The number of carbonyl (C=O) groups is 17. The van der Waals surface area contributed by atoms with E-state index in [0.717, 1.165) is 0 Å². The van der Waals surface area contributed by atoms with Crippen LogP contribution in [0.4, 0.5) is 0 Å². The molecule has 0 spiro atoms. The Hall–Kier alpha value is -11.7. The van der Waals surface area contributed by atoms with Crippen LogP contribution in [0.2, 0.25) is 0 Å². The normalized spacial score (nSPS) is 13.8. The Morgan fingerprint density at radius 2 is 0.688 bits per heavy atom. The quantitative estimate of drug-likeness (QED) is 0.0184. The van der Waals surface area contributed by atoms with Crippen LogP contribution >= 0.6 is 37.0 Å². The van der Waals surface area contributed by atoms with Gasteiger partial charge in [-0.3, -0.25) is 76.7 Å². The summed E-state index contributed by atoms with van der Waals surface area (Å²) in [6.45, 7) is 1.58. The predicted octanol–water partition coefficient (Wildman–Crippen LogP) is -4.96. The predicted molar refractivity (Wildman–Crippen MR) is 408 cm³/mol. The number of hydrogen-bond acceptors (Lipinski definition) is 24. The maximum absolute atomic E-state index is 14.6. The fourth-order valence-electron chi connectivity index (χ4n) is 10.3. The van der Waals surface area contributed by atoms with Crippen molar-refractivity contribution < 1.29 is 112 Å². The second-order valence-electron chi connectivity index (χ2n) is 25.6. The number of nitrogens with two attached hydrogens (primary N) is 1. The summed E-state index contributed by atoms with van der Waals surface area (Å²) in [6.07, 6.45) is -1.72. The van der Waals surface area contributed by atoms with E-state index < -0.39 is 224 Å². The Kier molecular flexibility index (Phi) is 39.2. The molecule has 11 atom stereocenters. The summed E-state index contributed by atoms with van der Waals surface area (Å²) in [4.78, 5) is 227. The minimum absolute atomic E-state index is 0.121. The van der Waals surface area contributed by atoms with E-state index in [9.17, 15) is 112 Å². The molecule has 0 saturated heterocycles. The molecule has 608 valence electrons. The second kappa shape index (κ2) is 47.4. The van der Waals surface area contributed by atoms with E-state index in [-0.39, 0.29) is 55.1 Å². The minimum atomic E-state index is -1.95. The van der Waals surface area contributed by atoms with Crippen molar-refractivity contribution in [3.63, 3.8) is 0 Å². The van der Waals surface area contributed by atoms with Crippen molar-refractivity contribution in [1.29, 1.82) is 0 Å². The molecule has 0 aliphatic rings. The fourth-order valence-corrected chi connectivity index (χ4v) is 11.3. The molecule has 112 heavy (non-hydrogen) atoms. The molecule has 0 heterocycles. The molecule has 0 saturated carbocycles. The highest BCUT2D eigenvalue weighted by molar-refractivity contribution is 7.98. The van der Waals surface area contributed by atoms with Crippen LogP contribution in [0.3, 0.4) is 0 Å². The molecule has 22 N–H and O–H groups in total. The van der Waals surface area contributed by atoms with E-state index in [4.69, 9.17) is 5.73 Å². The van der Waals surface area contributed by atoms with Crippen LogP contribution in [-0.2, 0) is 107 Å². The van der Waals surface area contributed by atoms with Gasteiger partial charge in [0.05, 0.1) is 39.0 Å². The smallest absolute Gasteiger partial charge is 0.326 e. The molecule has 0 unspecified atom stereocenters. The maximum Gasteiger partial charge on any atom is 0.326 e. The topological polar surface area (TPSA) is 606 Å². The Morgan fingerprint density at radius 3 is 1.08 bits per heavy atom. The van der Waals surface area contributed by atoms with Crippen LogP contribution in [0.1, 0.15) is 62.3 Å². The molecular formula is C71H93N15O23S3. The molecule has 0 aliphatic carbocycles. The first-order valence-corrected chi connectivity index (χ1v) is 37.3. The Balaban J connectivity index is 1.53. The minimum Gasteiger partial charge on any atom is -0.508 e. The van der Waals surface area contributed by atoms with E-state index in [1.165, 1.54) is 105 Å². The summed E-state index contributed by atoms with van der Waals surface area (Å²) in [5.74, 6) is -20.6. The molecule has 14 amide bonds. The van der Waals surface area contributed by atoms with Crippen LogP contribution in [0.25, 0.3) is 0 Å². The van der Waals surface area contributed by atoms with Gasteiger partial charge in [-0.05, 0) is 89.9 Å². The van der Waals surface area contributed by atoms with E-state index in [1.54, 1.807) is 36.6 Å². The van der Waals surface area contributed by atoms with Gasteiger partial charge >= 0.3 is 17.9 Å². The van der Waals surface area contributed by atoms with Crippen LogP contribution in [-0.4, -0.2) is 247 Å². The fraction of sp³-hybridized carbons (Fsp3) is 0.423. The number of nitrogens with one attached hydrogen (secondary N) is 14. The van der Waals surface area contributed by atoms with E-state index in [0.29, 0.717) is 22.3 Å². The Labute approximate surface area is 657 Å². The van der Waals surface area contributed by atoms with Gasteiger partial charge in [0, 0.05) is 37.2 Å². The number of thioether (sulfide) groups is 1. The number of thiol groups is 2. The highest BCUT2D eigenvalue weighted by atomic mass is 32.2. The average molecular weight is 1620 g/mol. The first kappa shape index (κ1) is 92.7. The standard InChI is InChI=1S/C71H93N15O23S3/c1-36(2)60(71(108)109)86-68(105)51(29-59(96)97)83-63(100)45(22-23-112-4)79-67(104)49(27-41-14-20-44(89)21-15-41)81-69(106)52(34-110)84-61(98)37(3)76-64(101)48(26-40-12-18-43(88)19-13-40)80-65(102)46(24-38-8-6-5-7-9-38)78-57(93)33-75-62(99)50(28-58(94)95)82-70(107)53(35-111)85-66(103)47(25-39-10-16-42(87)17-11-39)77-56(92)32-74-55(91)31-73-54(90)30-72/h5-21,36-37,45-53,60,87-89,110-111H,22-35,72H2,1-4H3,(H,73,90)(H,74,91)(H,75,99)(H,76,101)(H,77,92)(H,78,93)(H,79,104)(H,80,102)(H,81,106)(H,82,107)(H,83,100)(H,84,98)(H,85,103)(H,86,105)(H,94,95)(H,96,97)(H,108,109)/t37-,45-,46-,47-,48-,49-,50-,51-,52-,53-,60-/m0/s1. The molecule has 0 aliphatic heterocycles. The second-order valence-corrected chi connectivity index (χ2v) is 27.3. The van der Waals surface area contributed by atoms with Crippen molar-refractivity contribution in [2.45, 2.75) is 132 Å². The lowest BCUT2D eigenvalue weighted by Crippen LogP contribution is -2.61. The van der Waals surface area contributed by atoms with Crippen molar-refractivity contribution >= 4 is 138 Å². The zero-order valence-electron chi connectivity index (χ0n) is 61.1. The molecule has 0 aromatic heterocycles. The lowest BCUT2D eigenvalue weighted by molar-refractivity contribution is -0.144. The first-order chi connectivity index (χ1) is 53.0. The van der Waals surface area contributed by atoms with Gasteiger partial charge in [0.15, 0.2) is 0 Å². The van der Waals surface area contributed by atoms with Crippen molar-refractivity contribution in [3.8, 4) is 17.2 Å². The molecule has 38 nitrogen and oxygen atoms in total. The third-order valence-electron chi connectivity index (χ3n) is 16.4. The van der Waals surface area contributed by atoms with Gasteiger partial charge in [-0.25, -0.2) is 4.79 Å². The van der Waals surface area contributed by atoms with Crippen LogP contribution in [0.5, 0.6) is 17.2 Å². The number of carboxylic acids is 3. The number of hydrogen-bond donors (Lipinski definition) is 23. The molecule has 0 radical (unpaired) electrons. The number of aliphatic carboxylic acids is 3. The zero-order valence-corrected chi connectivity index (χ0v) is 63.8. The SMILES string of the molecule is CSCC[C@H](NC(=O)[C@H](Cc1ccc(O)cc1)NC(=O)[C@H](CS)NC(=O)[C@H](C)NC(=O)[C@H](Cc1ccc(O)cc1)NC(=O)[C@H](Cc1ccccc1)NC(=O)CNC(=O)[C@H](CC(=O)O)NC(=O)[C@H](CS)NC(=O)[C@H](Cc1ccc(O)cc1)NC(=O)CNC(=O)CNC(=O)CN)C(=O)N[C@@H](CC(=O)O)C(=O)N[C@H](C(=O)O)C(C)C. The van der Waals surface area contributed by atoms with E-state index in [1.807, 2.05) is 0 Å². The molecule has 41 heteroatoms. The van der Waals surface area contributed by atoms with Gasteiger partial charge < -0.3 is 111 Å². The van der Waals surface area contributed by atoms with Gasteiger partial charge in [0.25, 0.3) is 0 Å². The van der Waals surface area contributed by atoms with E-state index in [2.05, 4.69) is 99.7 Å². The number of rotatable bonds is 47. The maximum atomic E-state index is 14.6. The van der Waals surface area contributed by atoms with Crippen molar-refractivity contribution in [3.05, 3.63) is 125 Å². The third-order valence-corrected chi connectivity index (χ3v) is 17.7. The largest absolute Gasteiger partial charge is 0.508 e. The summed E-state index contributed by atoms with van der Waals surface area (Å²) in [6, 6.07) is 6.53. The first-order valence-electron chi connectivity index (χ1n) is 34.6. The van der Waals surface area contributed by atoms with Gasteiger partial charge in [-0.1, -0.05) is 80.6 Å². The lowest BCUT2D eigenvalue weighted by atomic mass is 10.0. The number of amides is 14. The van der Waals surface area contributed by atoms with Gasteiger partial charge in [0.1, 0.15) is 83.7 Å². The molecule has 0 bridgehead atoms. The molecule has 0 fully saturated rings.